The lowest BCUT2D eigenvalue weighted by atomic mass is 9.95. The van der Waals surface area contributed by atoms with Gasteiger partial charge in [0.2, 0.25) is 0 Å². The summed E-state index contributed by atoms with van der Waals surface area (Å²) in [7, 11) is 20.7. The molecular weight excluding hydrogens is 1180 g/mol. The number of carbonyl (C=O) groups excluding carboxylic acids is 2. The summed E-state index contributed by atoms with van der Waals surface area (Å²) in [5.41, 5.74) is 9.21. The largest absolute Gasteiger partial charge is 0.643 e. The third-order valence-electron chi connectivity index (χ3n) is 14.6. The molecule has 418 valence electrons. The molecule has 2 aromatic heterocycles. The van der Waals surface area contributed by atoms with Crippen LogP contribution in [-0.2, 0) is 35.4 Å². The molecule has 0 radical (unpaired) electrons. The molecule has 6 heterocycles. The van der Waals surface area contributed by atoms with Gasteiger partial charge in [-0.15, -0.1) is 0 Å². The quantitative estimate of drug-likeness (QED) is 0.117. The summed E-state index contributed by atoms with van der Waals surface area (Å²) in [5, 5.41) is 2.44. The van der Waals surface area contributed by atoms with Crippen LogP contribution in [0.1, 0.15) is 44.5 Å². The highest BCUT2D eigenvalue weighted by Crippen LogP contribution is 2.35. The predicted octanol–water partition coefficient (Wildman–Crippen LogP) is 12.5. The van der Waals surface area contributed by atoms with Crippen LogP contribution in [0.4, 0.5) is 17.3 Å². The number of ketones is 1. The van der Waals surface area contributed by atoms with Gasteiger partial charge >= 0.3 is 11.4 Å². The Labute approximate surface area is 510 Å². The topological polar surface area (TPSA) is 110 Å². The summed E-state index contributed by atoms with van der Waals surface area (Å²) < 4.78 is 5.34. The number of nitrogens with zero attached hydrogens (tertiary/aromatic N) is 9. The Balaban J connectivity index is 0.000000188. The van der Waals surface area contributed by atoms with E-state index in [0.29, 0.717) is 51.6 Å². The van der Waals surface area contributed by atoms with Crippen molar-refractivity contribution in [2.75, 3.05) is 88.3 Å². The van der Waals surface area contributed by atoms with E-state index < -0.39 is 23.5 Å². The van der Waals surface area contributed by atoms with Crippen molar-refractivity contribution in [1.82, 2.24) is 19.8 Å². The van der Waals surface area contributed by atoms with Crippen LogP contribution in [0.2, 0.25) is 20.1 Å². The van der Waals surface area contributed by atoms with E-state index in [1.165, 1.54) is 0 Å². The van der Waals surface area contributed by atoms with E-state index in [1.807, 2.05) is 146 Å². The molecule has 0 saturated carbocycles. The summed E-state index contributed by atoms with van der Waals surface area (Å²) in [6.07, 6.45) is 4.83. The normalized spacial score (nSPS) is 17.5. The van der Waals surface area contributed by atoms with Crippen LogP contribution in [0.15, 0.2) is 156 Å². The number of halogens is 7. The number of ether oxygens (including phenoxy) is 1. The van der Waals surface area contributed by atoms with E-state index in [9.17, 15) is 9.59 Å². The average Bonchev–Trinajstić information content (AvgIpc) is 3.80. The molecule has 5 aromatic carbocycles. The van der Waals surface area contributed by atoms with Gasteiger partial charge in [0.25, 0.3) is 5.91 Å². The summed E-state index contributed by atoms with van der Waals surface area (Å²) >= 11 is 24.2. The first-order valence-electron chi connectivity index (χ1n) is 26.5. The molecule has 0 aliphatic carbocycles. The molecule has 1 amide bonds. The van der Waals surface area contributed by atoms with Crippen LogP contribution < -0.4 is 19.4 Å². The first-order chi connectivity index (χ1) is 39.1. The van der Waals surface area contributed by atoms with Gasteiger partial charge in [0.1, 0.15) is 29.5 Å². The molecule has 12 nitrogen and oxygen atoms in total. The first kappa shape index (κ1) is 60.4. The monoisotopic (exact) mass is 1240 g/mol. The van der Waals surface area contributed by atoms with Crippen molar-refractivity contribution in [2.45, 2.75) is 37.9 Å². The molecule has 11 rings (SSSR count). The predicted molar refractivity (Wildman–Crippen MR) is 336 cm³/mol. The molecule has 2 atom stereocenters. The Morgan fingerprint density at radius 3 is 1.56 bits per heavy atom. The Morgan fingerprint density at radius 2 is 1.05 bits per heavy atom. The number of benzene rings is 5. The van der Waals surface area contributed by atoms with Gasteiger partial charge in [0.05, 0.1) is 30.8 Å². The molecule has 20 heteroatoms. The summed E-state index contributed by atoms with van der Waals surface area (Å²) in [4.78, 5) is 58.4. The SMILES string of the molecule is CN1CCN(c2ccc(C3=NC(Cc4ccccc4Cl)C(=O)Cc4ccc(Cl)cc43)cn2)CC1.COc1ccc(CN2C(=O)C(Cc3ccccc3Cl)N=C(c3ccc(N4CCN(C)CC4)nc3)c3cc(Cl)ccc32)cc1.[Cl][Al]([Cl])[Cl]. The number of hydrogen-bond acceptors (Lipinski definition) is 11. The number of pyridine rings is 2. The molecule has 2 fully saturated rings. The fraction of sp³-hybridized carbons (Fsp3) is 0.279. The molecule has 2 unspecified atom stereocenters. The number of benzodiazepines with no additional fused rings is 1. The third-order valence-corrected chi connectivity index (χ3v) is 15.8. The number of rotatable bonds is 11. The molecular formula is C61H59AlCl7N9O3. The zero-order chi connectivity index (χ0) is 57.2. The van der Waals surface area contributed by atoms with Crippen LogP contribution in [-0.4, -0.2) is 140 Å². The van der Waals surface area contributed by atoms with Gasteiger partial charge in [-0.1, -0.05) is 101 Å². The summed E-state index contributed by atoms with van der Waals surface area (Å²) in [5.74, 6) is 2.60. The number of hydrogen-bond donors (Lipinski definition) is 0. The highest BCUT2D eigenvalue weighted by Gasteiger charge is 2.34. The van der Waals surface area contributed by atoms with Gasteiger partial charge in [0.15, 0.2) is 5.78 Å². The maximum atomic E-state index is 14.4. The van der Waals surface area contributed by atoms with E-state index in [4.69, 9.17) is 101 Å². The van der Waals surface area contributed by atoms with Gasteiger partial charge in [-0.3, -0.25) is 19.6 Å². The van der Waals surface area contributed by atoms with E-state index >= 15 is 0 Å². The lowest BCUT2D eigenvalue weighted by Crippen LogP contribution is -2.44. The molecule has 0 spiro atoms. The number of fused-ring (bicyclic) bond motifs is 2. The second kappa shape index (κ2) is 28.4. The lowest BCUT2D eigenvalue weighted by molar-refractivity contribution is -0.120. The number of methoxy groups -OCH3 is 1. The van der Waals surface area contributed by atoms with E-state index in [0.717, 1.165) is 126 Å². The minimum absolute atomic E-state index is 0.0699. The Morgan fingerprint density at radius 1 is 0.568 bits per heavy atom. The van der Waals surface area contributed by atoms with Crippen molar-refractivity contribution < 1.29 is 14.3 Å². The number of anilines is 3. The molecule has 4 aliphatic rings. The molecule has 7 aromatic rings. The number of amides is 1. The molecule has 2 saturated heterocycles. The van der Waals surface area contributed by atoms with E-state index in [2.05, 4.69) is 33.7 Å². The zero-order valence-corrected chi connectivity index (χ0v) is 51.4. The number of carbonyl (C=O) groups is 2. The maximum absolute atomic E-state index is 14.4. The van der Waals surface area contributed by atoms with Gasteiger partial charge in [-0.05, 0) is 115 Å². The van der Waals surface area contributed by atoms with Gasteiger partial charge in [0, 0.05) is 126 Å². The van der Waals surface area contributed by atoms with E-state index in [-0.39, 0.29) is 11.7 Å². The Hall–Kier alpha value is -5.24. The smallest absolute Gasteiger partial charge is 0.497 e. The van der Waals surface area contributed by atoms with Crippen molar-refractivity contribution in [3.05, 3.63) is 210 Å². The second-order valence-corrected chi connectivity index (χ2v) is 28.2. The van der Waals surface area contributed by atoms with Crippen molar-refractivity contribution >= 4 is 128 Å². The Kier molecular flexibility index (Phi) is 21.1. The first-order valence-corrected chi connectivity index (χ1v) is 33.3. The van der Waals surface area contributed by atoms with Crippen molar-refractivity contribution in [2.24, 2.45) is 9.98 Å². The number of likely N-dealkylation sites (N-methyl/N-ethyl adjacent to an activating group) is 2. The number of Topliss-reactive ketones (excluding diaryl/α,β-unsaturated/α-hetero) is 1. The van der Waals surface area contributed by atoms with Crippen LogP contribution in [0.3, 0.4) is 0 Å². The maximum Gasteiger partial charge on any atom is 0.643 e. The number of aliphatic imine (C=N–C) groups is 2. The van der Waals surface area contributed by atoms with Crippen molar-refractivity contribution in [3.8, 4) is 5.75 Å². The number of piperazine rings is 2. The van der Waals surface area contributed by atoms with Crippen molar-refractivity contribution in [1.29, 1.82) is 0 Å². The van der Waals surface area contributed by atoms with Gasteiger partial charge < -0.3 is 29.2 Å². The second-order valence-electron chi connectivity index (χ2n) is 20.1. The number of aromatic nitrogens is 2. The molecule has 4 aliphatic heterocycles. The van der Waals surface area contributed by atoms with E-state index in [1.54, 1.807) is 12.0 Å². The van der Waals surface area contributed by atoms with Crippen LogP contribution in [0.5, 0.6) is 5.75 Å². The summed E-state index contributed by atoms with van der Waals surface area (Å²) in [6, 6.07) is 41.1. The van der Waals surface area contributed by atoms with Gasteiger partial charge in [-0.25, -0.2) is 40.1 Å². The highest BCUT2D eigenvalue weighted by atomic mass is 35.8. The fourth-order valence-corrected chi connectivity index (χ4v) is 10.9. The Bertz CT molecular complexity index is 3370. The van der Waals surface area contributed by atoms with Crippen molar-refractivity contribution in [3.63, 3.8) is 0 Å². The molecule has 81 heavy (non-hydrogen) atoms. The molecule has 0 N–H and O–H groups in total. The van der Waals surface area contributed by atoms with Crippen LogP contribution in [0, 0.1) is 0 Å². The third kappa shape index (κ3) is 15.7. The molecule has 0 bridgehead atoms. The van der Waals surface area contributed by atoms with Crippen LogP contribution >= 0.6 is 76.6 Å². The highest BCUT2D eigenvalue weighted by molar-refractivity contribution is 7.54. The summed E-state index contributed by atoms with van der Waals surface area (Å²) in [6.45, 7) is 8.17. The van der Waals surface area contributed by atoms with Crippen LogP contribution in [0.25, 0.3) is 0 Å². The minimum atomic E-state index is -1.72. The standard InChI is InChI=1S/C34H33Cl2N5O2.C27H26Cl2N4O.Al.3ClH/c1-39-15-17-40(18-16-39)32-14-9-25(21-37-32)33-28-20-26(35)10-13-31(28)41(22-23-7-11-27(43-2)12-8-23)34(42)30(38-33)19-24-5-3-4-6-29(24)36;1-32-10-12-33(13-11-32)26-9-7-20(17-30-26)27-22-16-21(28)8-6-18(22)15-25(34)24(31-27)14-19-4-2-3-5-23(19)29;;;;/h3-14,20-21,30H,15-19,22H2,1-2H3;2-9,16-17,24H,10-15H2,1H3;;3*1H/q;;+3;;;/p-3. The zero-order valence-electron chi connectivity index (χ0n) is 45.0. The fourth-order valence-electron chi connectivity index (χ4n) is 10.1. The average molecular weight is 1240 g/mol. The minimum Gasteiger partial charge on any atom is -0.497 e. The van der Waals surface area contributed by atoms with Gasteiger partial charge in [-0.2, -0.15) is 0 Å². The lowest BCUT2D eigenvalue weighted by Gasteiger charge is -2.33.